The van der Waals surface area contributed by atoms with Crippen LogP contribution < -0.4 is 5.73 Å². The van der Waals surface area contributed by atoms with Crippen LogP contribution in [-0.2, 0) is 7.05 Å². The van der Waals surface area contributed by atoms with Crippen LogP contribution in [0.3, 0.4) is 0 Å². The number of rotatable bonds is 4. The zero-order valence-electron chi connectivity index (χ0n) is 9.08. The van der Waals surface area contributed by atoms with Gasteiger partial charge in [-0.2, -0.15) is 5.10 Å². The Morgan fingerprint density at radius 2 is 2.38 bits per heavy atom. The summed E-state index contributed by atoms with van der Waals surface area (Å²) in [5, 5.41) is 4.37. The maximum absolute atomic E-state index is 5.78. The first-order valence-corrected chi connectivity index (χ1v) is 5.93. The van der Waals surface area contributed by atoms with E-state index in [-0.39, 0.29) is 5.25 Å². The van der Waals surface area contributed by atoms with Crippen LogP contribution in [0.15, 0.2) is 41.8 Å². The molecule has 0 aromatic carbocycles. The van der Waals surface area contributed by atoms with E-state index in [1.54, 1.807) is 22.6 Å². The van der Waals surface area contributed by atoms with Gasteiger partial charge in [-0.15, -0.1) is 11.8 Å². The molecule has 16 heavy (non-hydrogen) atoms. The number of aromatic nitrogens is 3. The molecule has 0 bridgehead atoms. The van der Waals surface area contributed by atoms with Crippen molar-refractivity contribution in [1.82, 2.24) is 14.8 Å². The standard InChI is InChI=1S/C11H14N4S/c1-15-8-10(7-14-15)16-11(5-12)9-3-2-4-13-6-9/h2-4,6-8,11H,5,12H2,1H3. The van der Waals surface area contributed by atoms with Crippen molar-refractivity contribution in [2.75, 3.05) is 6.54 Å². The van der Waals surface area contributed by atoms with Gasteiger partial charge in [0.2, 0.25) is 0 Å². The van der Waals surface area contributed by atoms with E-state index in [0.717, 1.165) is 10.5 Å². The molecule has 0 radical (unpaired) electrons. The Balaban J connectivity index is 2.12. The number of aryl methyl sites for hydroxylation is 1. The Morgan fingerprint density at radius 3 is 2.94 bits per heavy atom. The summed E-state index contributed by atoms with van der Waals surface area (Å²) in [5.41, 5.74) is 6.94. The van der Waals surface area contributed by atoms with Gasteiger partial charge >= 0.3 is 0 Å². The van der Waals surface area contributed by atoms with Crippen molar-refractivity contribution in [1.29, 1.82) is 0 Å². The second kappa shape index (κ2) is 5.14. The smallest absolute Gasteiger partial charge is 0.0626 e. The maximum atomic E-state index is 5.78. The molecule has 0 aliphatic heterocycles. The van der Waals surface area contributed by atoms with E-state index in [9.17, 15) is 0 Å². The monoisotopic (exact) mass is 234 g/mol. The normalized spacial score (nSPS) is 12.6. The highest BCUT2D eigenvalue weighted by molar-refractivity contribution is 7.99. The van der Waals surface area contributed by atoms with Gasteiger partial charge in [0, 0.05) is 42.3 Å². The molecule has 4 nitrogen and oxygen atoms in total. The Hall–Kier alpha value is -1.33. The predicted molar refractivity (Wildman–Crippen MR) is 65.1 cm³/mol. The van der Waals surface area contributed by atoms with Crippen LogP contribution in [0, 0.1) is 0 Å². The summed E-state index contributed by atoms with van der Waals surface area (Å²) in [6.07, 6.45) is 7.47. The van der Waals surface area contributed by atoms with Gasteiger partial charge < -0.3 is 5.73 Å². The van der Waals surface area contributed by atoms with Crippen molar-refractivity contribution in [3.05, 3.63) is 42.5 Å². The van der Waals surface area contributed by atoms with Crippen LogP contribution in [0.2, 0.25) is 0 Å². The fourth-order valence-corrected chi connectivity index (χ4v) is 2.46. The Bertz CT molecular complexity index is 440. The summed E-state index contributed by atoms with van der Waals surface area (Å²) in [6.45, 7) is 0.589. The number of nitrogens with two attached hydrogens (primary N) is 1. The van der Waals surface area contributed by atoms with Gasteiger partial charge in [0.25, 0.3) is 0 Å². The highest BCUT2D eigenvalue weighted by Crippen LogP contribution is 2.33. The molecule has 0 aliphatic rings. The van der Waals surface area contributed by atoms with E-state index in [1.165, 1.54) is 0 Å². The molecule has 0 amide bonds. The SMILES string of the molecule is Cn1cc(SC(CN)c2cccnc2)cn1. The lowest BCUT2D eigenvalue weighted by Crippen LogP contribution is -2.09. The quantitative estimate of drug-likeness (QED) is 0.816. The molecule has 2 aromatic rings. The minimum atomic E-state index is 0.234. The lowest BCUT2D eigenvalue weighted by molar-refractivity contribution is 0.766. The molecule has 2 heterocycles. The Morgan fingerprint density at radius 1 is 1.50 bits per heavy atom. The lowest BCUT2D eigenvalue weighted by atomic mass is 10.2. The third-order valence-electron chi connectivity index (χ3n) is 2.23. The number of thioether (sulfide) groups is 1. The number of hydrogen-bond donors (Lipinski definition) is 1. The Kier molecular flexibility index (Phi) is 3.58. The van der Waals surface area contributed by atoms with Gasteiger partial charge in [0.05, 0.1) is 6.20 Å². The molecular formula is C11H14N4S. The third-order valence-corrected chi connectivity index (χ3v) is 3.46. The zero-order valence-corrected chi connectivity index (χ0v) is 9.89. The van der Waals surface area contributed by atoms with Gasteiger partial charge in [-0.25, -0.2) is 0 Å². The molecule has 0 saturated heterocycles. The van der Waals surface area contributed by atoms with Gasteiger partial charge in [-0.05, 0) is 11.6 Å². The molecule has 5 heteroatoms. The van der Waals surface area contributed by atoms with Crippen molar-refractivity contribution in [2.24, 2.45) is 12.8 Å². The summed E-state index contributed by atoms with van der Waals surface area (Å²) >= 11 is 1.71. The van der Waals surface area contributed by atoms with Crippen molar-refractivity contribution in [2.45, 2.75) is 10.1 Å². The molecule has 2 aromatic heterocycles. The summed E-state index contributed by atoms with van der Waals surface area (Å²) in [6, 6.07) is 3.98. The molecule has 0 saturated carbocycles. The molecule has 1 atom stereocenters. The predicted octanol–water partition coefficient (Wildman–Crippen LogP) is 1.61. The van der Waals surface area contributed by atoms with E-state index in [1.807, 2.05) is 37.8 Å². The van der Waals surface area contributed by atoms with E-state index >= 15 is 0 Å². The van der Waals surface area contributed by atoms with Gasteiger partial charge in [0.1, 0.15) is 0 Å². The number of nitrogens with zero attached hydrogens (tertiary/aromatic N) is 3. The molecule has 0 fully saturated rings. The van der Waals surface area contributed by atoms with Crippen LogP contribution >= 0.6 is 11.8 Å². The first-order valence-electron chi connectivity index (χ1n) is 5.05. The molecule has 2 N–H and O–H groups in total. The van der Waals surface area contributed by atoms with Gasteiger partial charge in [-0.1, -0.05) is 6.07 Å². The van der Waals surface area contributed by atoms with Gasteiger partial charge in [0.15, 0.2) is 0 Å². The van der Waals surface area contributed by atoms with Crippen LogP contribution in [0.25, 0.3) is 0 Å². The van der Waals surface area contributed by atoms with E-state index in [0.29, 0.717) is 6.54 Å². The van der Waals surface area contributed by atoms with E-state index in [2.05, 4.69) is 10.1 Å². The average molecular weight is 234 g/mol. The molecule has 1 unspecified atom stereocenters. The fraction of sp³-hybridized carbons (Fsp3) is 0.273. The second-order valence-electron chi connectivity index (χ2n) is 3.48. The van der Waals surface area contributed by atoms with Crippen LogP contribution in [0.4, 0.5) is 0 Å². The highest BCUT2D eigenvalue weighted by atomic mass is 32.2. The van der Waals surface area contributed by atoms with Crippen molar-refractivity contribution < 1.29 is 0 Å². The molecule has 0 spiro atoms. The van der Waals surface area contributed by atoms with Crippen molar-refractivity contribution in [3.8, 4) is 0 Å². The number of pyridine rings is 1. The minimum absolute atomic E-state index is 0.234. The summed E-state index contributed by atoms with van der Waals surface area (Å²) < 4.78 is 1.79. The third kappa shape index (κ3) is 2.62. The zero-order chi connectivity index (χ0) is 11.4. The summed E-state index contributed by atoms with van der Waals surface area (Å²) in [5.74, 6) is 0. The first kappa shape index (κ1) is 11.2. The first-order chi connectivity index (χ1) is 7.79. The average Bonchev–Trinajstić information content (AvgIpc) is 2.73. The molecule has 0 aliphatic carbocycles. The molecular weight excluding hydrogens is 220 g/mol. The van der Waals surface area contributed by atoms with E-state index < -0.39 is 0 Å². The lowest BCUT2D eigenvalue weighted by Gasteiger charge is -2.12. The van der Waals surface area contributed by atoms with Gasteiger partial charge in [-0.3, -0.25) is 9.67 Å². The van der Waals surface area contributed by atoms with Crippen LogP contribution in [0.5, 0.6) is 0 Å². The minimum Gasteiger partial charge on any atom is -0.329 e. The van der Waals surface area contributed by atoms with Crippen LogP contribution in [0.1, 0.15) is 10.8 Å². The molecule has 84 valence electrons. The highest BCUT2D eigenvalue weighted by Gasteiger charge is 2.12. The van der Waals surface area contributed by atoms with Crippen molar-refractivity contribution >= 4 is 11.8 Å². The maximum Gasteiger partial charge on any atom is 0.0626 e. The second-order valence-corrected chi connectivity index (χ2v) is 4.75. The number of hydrogen-bond acceptors (Lipinski definition) is 4. The summed E-state index contributed by atoms with van der Waals surface area (Å²) in [4.78, 5) is 5.24. The summed E-state index contributed by atoms with van der Waals surface area (Å²) in [7, 11) is 1.91. The van der Waals surface area contributed by atoms with Crippen LogP contribution in [-0.4, -0.2) is 21.3 Å². The Labute approximate surface area is 98.9 Å². The largest absolute Gasteiger partial charge is 0.329 e. The fourth-order valence-electron chi connectivity index (χ4n) is 1.44. The van der Waals surface area contributed by atoms with Crippen molar-refractivity contribution in [3.63, 3.8) is 0 Å². The van der Waals surface area contributed by atoms with E-state index in [4.69, 9.17) is 5.73 Å². The topological polar surface area (TPSA) is 56.7 Å². The molecule has 2 rings (SSSR count).